The Morgan fingerprint density at radius 3 is 2.62 bits per heavy atom. The average Bonchev–Trinajstić information content (AvgIpc) is 2.21. The van der Waals surface area contributed by atoms with Gasteiger partial charge in [-0.05, 0) is 12.1 Å². The zero-order chi connectivity index (χ0) is 9.52. The molecular formula is C10H11NO2. The van der Waals surface area contributed by atoms with Crippen LogP contribution in [0.15, 0.2) is 30.3 Å². The van der Waals surface area contributed by atoms with E-state index in [-0.39, 0.29) is 6.61 Å². The third-order valence-corrected chi connectivity index (χ3v) is 1.57. The van der Waals surface area contributed by atoms with E-state index in [9.17, 15) is 0 Å². The molecule has 0 radical (unpaired) electrons. The van der Waals surface area contributed by atoms with E-state index >= 15 is 0 Å². The van der Waals surface area contributed by atoms with Crippen molar-refractivity contribution in [1.82, 2.24) is 0 Å². The lowest BCUT2D eigenvalue weighted by molar-refractivity contribution is 0.0967. The predicted octanol–water partition coefficient (Wildman–Crippen LogP) is 1.60. The fourth-order valence-electron chi connectivity index (χ4n) is 0.847. The van der Waals surface area contributed by atoms with Gasteiger partial charge in [-0.25, -0.2) is 0 Å². The van der Waals surface area contributed by atoms with E-state index in [1.165, 1.54) is 7.11 Å². The van der Waals surface area contributed by atoms with Crippen LogP contribution < -0.4 is 4.74 Å². The number of para-hydroxylation sites is 1. The Labute approximate surface area is 77.5 Å². The molecule has 1 rings (SSSR count). The molecule has 0 aliphatic carbocycles. The molecule has 0 bridgehead atoms. The van der Waals surface area contributed by atoms with Crippen molar-refractivity contribution in [1.29, 1.82) is 5.26 Å². The van der Waals surface area contributed by atoms with Crippen LogP contribution in [0.25, 0.3) is 0 Å². The summed E-state index contributed by atoms with van der Waals surface area (Å²) in [5.74, 6) is 0.750. The number of rotatable bonds is 4. The maximum Gasteiger partial charge on any atom is 0.177 e. The molecule has 0 saturated carbocycles. The van der Waals surface area contributed by atoms with Gasteiger partial charge in [-0.15, -0.1) is 0 Å². The summed E-state index contributed by atoms with van der Waals surface area (Å²) in [5.41, 5.74) is 0. The van der Waals surface area contributed by atoms with Crippen molar-refractivity contribution in [3.05, 3.63) is 30.3 Å². The molecule has 0 aromatic heterocycles. The number of nitrogens with zero attached hydrogens (tertiary/aromatic N) is 1. The zero-order valence-corrected chi connectivity index (χ0v) is 7.43. The van der Waals surface area contributed by atoms with Gasteiger partial charge in [0.2, 0.25) is 0 Å². The van der Waals surface area contributed by atoms with Crippen molar-refractivity contribution in [2.45, 2.75) is 6.10 Å². The normalized spacial score (nSPS) is 11.7. The van der Waals surface area contributed by atoms with Gasteiger partial charge < -0.3 is 9.47 Å². The second-order valence-corrected chi connectivity index (χ2v) is 2.48. The number of benzene rings is 1. The Bertz CT molecular complexity index is 279. The lowest BCUT2D eigenvalue weighted by Gasteiger charge is -2.08. The monoisotopic (exact) mass is 177 g/mol. The molecular weight excluding hydrogens is 166 g/mol. The Morgan fingerprint density at radius 2 is 2.08 bits per heavy atom. The van der Waals surface area contributed by atoms with Crippen molar-refractivity contribution >= 4 is 0 Å². The average molecular weight is 177 g/mol. The minimum atomic E-state index is -0.500. The molecule has 0 aliphatic rings. The third kappa shape index (κ3) is 3.14. The lowest BCUT2D eigenvalue weighted by Crippen LogP contribution is -2.17. The van der Waals surface area contributed by atoms with Gasteiger partial charge in [0.05, 0.1) is 6.07 Å². The highest BCUT2D eigenvalue weighted by Crippen LogP contribution is 2.08. The molecule has 0 saturated heterocycles. The first-order valence-electron chi connectivity index (χ1n) is 3.97. The lowest BCUT2D eigenvalue weighted by atomic mass is 10.3. The molecule has 1 aromatic carbocycles. The fourth-order valence-corrected chi connectivity index (χ4v) is 0.847. The van der Waals surface area contributed by atoms with Crippen LogP contribution in [-0.4, -0.2) is 19.8 Å². The minimum absolute atomic E-state index is 0.261. The number of ether oxygens (including phenoxy) is 2. The van der Waals surface area contributed by atoms with Crippen molar-refractivity contribution < 1.29 is 9.47 Å². The molecule has 3 nitrogen and oxygen atoms in total. The van der Waals surface area contributed by atoms with E-state index in [0.29, 0.717) is 0 Å². The number of hydrogen-bond donors (Lipinski definition) is 0. The van der Waals surface area contributed by atoms with Crippen LogP contribution in [0.1, 0.15) is 0 Å². The summed E-state index contributed by atoms with van der Waals surface area (Å²) in [6.45, 7) is 0.261. The van der Waals surface area contributed by atoms with E-state index < -0.39 is 6.10 Å². The third-order valence-electron chi connectivity index (χ3n) is 1.57. The van der Waals surface area contributed by atoms with E-state index in [4.69, 9.17) is 14.7 Å². The summed E-state index contributed by atoms with van der Waals surface area (Å²) in [6.07, 6.45) is -0.500. The van der Waals surface area contributed by atoms with Crippen LogP contribution in [0.2, 0.25) is 0 Å². The second-order valence-electron chi connectivity index (χ2n) is 2.48. The van der Waals surface area contributed by atoms with Crippen molar-refractivity contribution in [2.75, 3.05) is 13.7 Å². The van der Waals surface area contributed by atoms with Gasteiger partial charge in [-0.2, -0.15) is 5.26 Å². The quantitative estimate of drug-likeness (QED) is 0.701. The number of nitriles is 1. The number of hydrogen-bond acceptors (Lipinski definition) is 3. The topological polar surface area (TPSA) is 42.2 Å². The van der Waals surface area contributed by atoms with E-state index in [2.05, 4.69) is 0 Å². The van der Waals surface area contributed by atoms with Crippen LogP contribution in [0, 0.1) is 11.3 Å². The molecule has 0 amide bonds. The molecule has 68 valence electrons. The summed E-state index contributed by atoms with van der Waals surface area (Å²) in [4.78, 5) is 0. The standard InChI is InChI=1S/C10H11NO2/c1-12-10(7-11)8-13-9-5-3-2-4-6-9/h2-6,10H,8H2,1H3. The van der Waals surface area contributed by atoms with Crippen LogP contribution in [0.3, 0.4) is 0 Å². The summed E-state index contributed by atoms with van der Waals surface area (Å²) in [6, 6.07) is 11.3. The Balaban J connectivity index is 2.40. The molecule has 0 N–H and O–H groups in total. The van der Waals surface area contributed by atoms with Crippen molar-refractivity contribution in [3.63, 3.8) is 0 Å². The summed E-state index contributed by atoms with van der Waals surface area (Å²) in [5, 5.41) is 8.55. The second kappa shape index (κ2) is 5.18. The maximum atomic E-state index is 8.55. The smallest absolute Gasteiger partial charge is 0.177 e. The van der Waals surface area contributed by atoms with E-state index in [1.54, 1.807) is 0 Å². The molecule has 0 fully saturated rings. The van der Waals surface area contributed by atoms with Crippen LogP contribution >= 0.6 is 0 Å². The molecule has 1 atom stereocenters. The van der Waals surface area contributed by atoms with Gasteiger partial charge in [0.1, 0.15) is 12.4 Å². The summed E-state index contributed by atoms with van der Waals surface area (Å²) in [7, 11) is 1.49. The zero-order valence-electron chi connectivity index (χ0n) is 7.43. The predicted molar refractivity (Wildman–Crippen MR) is 48.3 cm³/mol. The Morgan fingerprint density at radius 1 is 1.38 bits per heavy atom. The Kier molecular flexibility index (Phi) is 3.80. The van der Waals surface area contributed by atoms with Gasteiger partial charge in [0.25, 0.3) is 0 Å². The molecule has 1 unspecified atom stereocenters. The van der Waals surface area contributed by atoms with Gasteiger partial charge >= 0.3 is 0 Å². The fraction of sp³-hybridized carbons (Fsp3) is 0.300. The highest BCUT2D eigenvalue weighted by molar-refractivity contribution is 5.21. The van der Waals surface area contributed by atoms with Crippen molar-refractivity contribution in [3.8, 4) is 11.8 Å². The van der Waals surface area contributed by atoms with Crippen molar-refractivity contribution in [2.24, 2.45) is 0 Å². The highest BCUT2D eigenvalue weighted by atomic mass is 16.5. The molecule has 13 heavy (non-hydrogen) atoms. The van der Waals surface area contributed by atoms with Crippen LogP contribution in [-0.2, 0) is 4.74 Å². The molecule has 0 spiro atoms. The molecule has 0 aliphatic heterocycles. The first-order valence-corrected chi connectivity index (χ1v) is 3.97. The first kappa shape index (κ1) is 9.56. The Hall–Kier alpha value is -1.53. The summed E-state index contributed by atoms with van der Waals surface area (Å²) >= 11 is 0. The van der Waals surface area contributed by atoms with Gasteiger partial charge in [-0.3, -0.25) is 0 Å². The largest absolute Gasteiger partial charge is 0.490 e. The number of methoxy groups -OCH3 is 1. The molecule has 3 heteroatoms. The van der Waals surface area contributed by atoms with Crippen LogP contribution in [0.5, 0.6) is 5.75 Å². The molecule has 1 aromatic rings. The minimum Gasteiger partial charge on any atom is -0.490 e. The first-order chi connectivity index (χ1) is 6.36. The SMILES string of the molecule is COC(C#N)COc1ccccc1. The van der Waals surface area contributed by atoms with Gasteiger partial charge in [0.15, 0.2) is 6.10 Å². The summed E-state index contributed by atoms with van der Waals surface area (Å²) < 4.78 is 10.1. The maximum absolute atomic E-state index is 8.55. The highest BCUT2D eigenvalue weighted by Gasteiger charge is 2.04. The van der Waals surface area contributed by atoms with Crippen LogP contribution in [0.4, 0.5) is 0 Å². The van der Waals surface area contributed by atoms with Gasteiger partial charge in [0, 0.05) is 7.11 Å². The van der Waals surface area contributed by atoms with E-state index in [1.807, 2.05) is 36.4 Å². The molecule has 0 heterocycles. The van der Waals surface area contributed by atoms with E-state index in [0.717, 1.165) is 5.75 Å². The van der Waals surface area contributed by atoms with Gasteiger partial charge in [-0.1, -0.05) is 18.2 Å².